The van der Waals surface area contributed by atoms with Gasteiger partial charge >= 0.3 is 11.8 Å². The van der Waals surface area contributed by atoms with Gasteiger partial charge in [0.1, 0.15) is 11.8 Å². The lowest BCUT2D eigenvalue weighted by Crippen LogP contribution is -2.38. The number of amides is 2. The third-order valence-electron chi connectivity index (χ3n) is 2.76. The average Bonchev–Trinajstić information content (AvgIpc) is 3.02. The molecule has 2 rings (SSSR count). The smallest absolute Gasteiger partial charge is 0.313 e. The number of carbonyl (C=O) groups excluding carboxylic acids is 2. The molecule has 1 aromatic carbocycles. The van der Waals surface area contributed by atoms with Crippen LogP contribution in [-0.4, -0.2) is 23.5 Å². The van der Waals surface area contributed by atoms with E-state index >= 15 is 0 Å². The maximum atomic E-state index is 11.8. The third kappa shape index (κ3) is 4.00. The van der Waals surface area contributed by atoms with Crippen molar-refractivity contribution in [3.63, 3.8) is 0 Å². The summed E-state index contributed by atoms with van der Waals surface area (Å²) in [5.74, 6) is -1.47. The molecule has 6 nitrogen and oxygen atoms in total. The summed E-state index contributed by atoms with van der Waals surface area (Å²) in [6, 6.07) is 6.82. The maximum Gasteiger partial charge on any atom is 0.313 e. The quantitative estimate of drug-likeness (QED) is 0.744. The molecule has 2 amide bonds. The molecule has 116 valence electrons. The highest BCUT2D eigenvalue weighted by Crippen LogP contribution is 2.25. The van der Waals surface area contributed by atoms with Crippen molar-refractivity contribution in [1.82, 2.24) is 5.32 Å². The van der Waals surface area contributed by atoms with Crippen LogP contribution in [0.3, 0.4) is 0 Å². The minimum Gasteiger partial charge on any atom is -0.467 e. The Bertz CT molecular complexity index is 673. The molecule has 8 heteroatoms. The molecule has 0 bridgehead atoms. The largest absolute Gasteiger partial charge is 0.467 e. The second kappa shape index (κ2) is 7.31. The summed E-state index contributed by atoms with van der Waals surface area (Å²) in [5, 5.41) is 14.6. The van der Waals surface area contributed by atoms with Crippen molar-refractivity contribution in [2.45, 2.75) is 6.04 Å². The summed E-state index contributed by atoms with van der Waals surface area (Å²) >= 11 is 11.6. The lowest BCUT2D eigenvalue weighted by atomic mass is 10.2. The van der Waals surface area contributed by atoms with Crippen molar-refractivity contribution < 1.29 is 19.1 Å². The van der Waals surface area contributed by atoms with Crippen molar-refractivity contribution >= 4 is 40.7 Å². The number of halogens is 2. The zero-order valence-corrected chi connectivity index (χ0v) is 12.7. The Morgan fingerprint density at radius 2 is 1.95 bits per heavy atom. The second-order valence-corrected chi connectivity index (χ2v) is 5.12. The molecule has 0 radical (unpaired) electrons. The highest BCUT2D eigenvalue weighted by molar-refractivity contribution is 6.43. The predicted molar refractivity (Wildman–Crippen MR) is 81.8 cm³/mol. The van der Waals surface area contributed by atoms with Crippen molar-refractivity contribution in [2.24, 2.45) is 0 Å². The predicted octanol–water partition coefficient (Wildman–Crippen LogP) is 2.37. The molecule has 0 aliphatic carbocycles. The number of hydrogen-bond donors (Lipinski definition) is 3. The lowest BCUT2D eigenvalue weighted by Gasteiger charge is -2.13. The van der Waals surface area contributed by atoms with Gasteiger partial charge < -0.3 is 20.2 Å². The first kappa shape index (κ1) is 16.4. The van der Waals surface area contributed by atoms with Gasteiger partial charge in [-0.2, -0.15) is 0 Å². The number of aliphatic hydroxyl groups excluding tert-OH is 1. The molecule has 2 aromatic rings. The number of nitrogens with one attached hydrogen (secondary N) is 2. The van der Waals surface area contributed by atoms with Crippen LogP contribution in [0, 0.1) is 0 Å². The number of furan rings is 1. The Morgan fingerprint density at radius 3 is 2.55 bits per heavy atom. The van der Waals surface area contributed by atoms with E-state index in [0.717, 1.165) is 0 Å². The SMILES string of the molecule is O=C(Nc1ccc(Cl)c(Cl)c1)C(=O)NC(CO)c1ccco1. The normalized spacial score (nSPS) is 11.8. The van der Waals surface area contributed by atoms with E-state index < -0.39 is 24.5 Å². The summed E-state index contributed by atoms with van der Waals surface area (Å²) in [5.41, 5.74) is 0.327. The van der Waals surface area contributed by atoms with Crippen LogP contribution in [0.1, 0.15) is 11.8 Å². The molecule has 1 heterocycles. The molecular weight excluding hydrogens is 331 g/mol. The first-order chi connectivity index (χ1) is 10.5. The monoisotopic (exact) mass is 342 g/mol. The Balaban J connectivity index is 1.99. The number of rotatable bonds is 4. The van der Waals surface area contributed by atoms with Crippen molar-refractivity contribution in [3.8, 4) is 0 Å². The minimum atomic E-state index is -0.915. The van der Waals surface area contributed by atoms with Gasteiger partial charge in [0.2, 0.25) is 0 Å². The molecular formula is C14H12Cl2N2O4. The van der Waals surface area contributed by atoms with Crippen LogP contribution in [0.25, 0.3) is 0 Å². The molecule has 1 aromatic heterocycles. The van der Waals surface area contributed by atoms with E-state index in [1.807, 2.05) is 0 Å². The first-order valence-electron chi connectivity index (χ1n) is 6.22. The van der Waals surface area contributed by atoms with Gasteiger partial charge in [-0.3, -0.25) is 9.59 Å². The molecule has 0 aliphatic heterocycles. The van der Waals surface area contributed by atoms with E-state index in [0.29, 0.717) is 16.5 Å². The third-order valence-corrected chi connectivity index (χ3v) is 3.50. The van der Waals surface area contributed by atoms with Gasteiger partial charge in [0, 0.05) is 5.69 Å². The van der Waals surface area contributed by atoms with E-state index in [-0.39, 0.29) is 5.02 Å². The number of benzene rings is 1. The van der Waals surface area contributed by atoms with Crippen molar-refractivity contribution in [1.29, 1.82) is 0 Å². The number of hydrogen-bond acceptors (Lipinski definition) is 4. The van der Waals surface area contributed by atoms with Gasteiger partial charge in [-0.1, -0.05) is 23.2 Å². The zero-order chi connectivity index (χ0) is 16.1. The van der Waals surface area contributed by atoms with Gasteiger partial charge in [0.05, 0.1) is 22.9 Å². The number of anilines is 1. The second-order valence-electron chi connectivity index (χ2n) is 4.31. The molecule has 3 N–H and O–H groups in total. The summed E-state index contributed by atoms with van der Waals surface area (Å²) < 4.78 is 5.08. The fraction of sp³-hybridized carbons (Fsp3) is 0.143. The van der Waals surface area contributed by atoms with Crippen LogP contribution in [0.4, 0.5) is 5.69 Å². The molecule has 0 aliphatic rings. The summed E-state index contributed by atoms with van der Waals surface area (Å²) in [6.45, 7) is -0.403. The molecule has 0 saturated heterocycles. The molecule has 22 heavy (non-hydrogen) atoms. The molecule has 0 fully saturated rings. The molecule has 0 saturated carbocycles. The highest BCUT2D eigenvalue weighted by Gasteiger charge is 2.21. The molecule has 1 atom stereocenters. The van der Waals surface area contributed by atoms with Crippen LogP contribution >= 0.6 is 23.2 Å². The van der Waals surface area contributed by atoms with E-state index in [2.05, 4.69) is 10.6 Å². The van der Waals surface area contributed by atoms with E-state index in [9.17, 15) is 14.7 Å². The Hall–Kier alpha value is -2.02. The zero-order valence-electron chi connectivity index (χ0n) is 11.2. The van der Waals surface area contributed by atoms with E-state index in [1.165, 1.54) is 24.5 Å². The number of aliphatic hydroxyl groups is 1. The fourth-order valence-electron chi connectivity index (χ4n) is 1.68. The van der Waals surface area contributed by atoms with Crippen LogP contribution in [0.2, 0.25) is 10.0 Å². The van der Waals surface area contributed by atoms with Crippen LogP contribution in [0.15, 0.2) is 41.0 Å². The Labute approximate surface area is 136 Å². The summed E-state index contributed by atoms with van der Waals surface area (Å²) in [4.78, 5) is 23.6. The van der Waals surface area contributed by atoms with Crippen LogP contribution in [0.5, 0.6) is 0 Å². The van der Waals surface area contributed by atoms with E-state index in [1.54, 1.807) is 12.1 Å². The number of carbonyl (C=O) groups is 2. The molecule has 1 unspecified atom stereocenters. The van der Waals surface area contributed by atoms with Crippen molar-refractivity contribution in [3.05, 3.63) is 52.4 Å². The minimum absolute atomic E-state index is 0.253. The maximum absolute atomic E-state index is 11.8. The van der Waals surface area contributed by atoms with E-state index in [4.69, 9.17) is 27.6 Å². The van der Waals surface area contributed by atoms with Gasteiger partial charge in [-0.25, -0.2) is 0 Å². The lowest BCUT2D eigenvalue weighted by molar-refractivity contribution is -0.136. The fourth-order valence-corrected chi connectivity index (χ4v) is 1.98. The Kier molecular flexibility index (Phi) is 5.43. The highest BCUT2D eigenvalue weighted by atomic mass is 35.5. The van der Waals surface area contributed by atoms with Gasteiger partial charge in [0.25, 0.3) is 0 Å². The van der Waals surface area contributed by atoms with Crippen molar-refractivity contribution in [2.75, 3.05) is 11.9 Å². The standard InChI is InChI=1S/C14H12Cl2N2O4/c15-9-4-3-8(6-10(9)16)17-13(20)14(21)18-11(7-19)12-2-1-5-22-12/h1-6,11,19H,7H2,(H,17,20)(H,18,21). The molecule has 0 spiro atoms. The summed E-state index contributed by atoms with van der Waals surface area (Å²) in [6.07, 6.45) is 1.40. The van der Waals surface area contributed by atoms with Gasteiger partial charge in [-0.05, 0) is 30.3 Å². The van der Waals surface area contributed by atoms with Crippen LogP contribution < -0.4 is 10.6 Å². The first-order valence-corrected chi connectivity index (χ1v) is 6.98. The van der Waals surface area contributed by atoms with Gasteiger partial charge in [0.15, 0.2) is 0 Å². The Morgan fingerprint density at radius 1 is 1.18 bits per heavy atom. The topological polar surface area (TPSA) is 91.6 Å². The summed E-state index contributed by atoms with van der Waals surface area (Å²) in [7, 11) is 0. The van der Waals surface area contributed by atoms with Gasteiger partial charge in [-0.15, -0.1) is 0 Å². The average molecular weight is 343 g/mol. The van der Waals surface area contributed by atoms with Crippen LogP contribution in [-0.2, 0) is 9.59 Å².